The Labute approximate surface area is 212 Å². The van der Waals surface area contributed by atoms with E-state index in [2.05, 4.69) is 0 Å². The molecule has 3 aromatic rings. The number of aryl methyl sites for hydroxylation is 1. The molecule has 1 fully saturated rings. The fourth-order valence-corrected chi connectivity index (χ4v) is 5.17. The maximum Gasteiger partial charge on any atom is 0.303 e. The van der Waals surface area contributed by atoms with Gasteiger partial charge in [0.05, 0.1) is 16.3 Å². The zero-order valence-corrected chi connectivity index (χ0v) is 20.8. The molecule has 1 aliphatic heterocycles. The molecule has 0 radical (unpaired) electrons. The number of benzene rings is 2. The fraction of sp³-hybridized carbons (Fsp3) is 0.200. The van der Waals surface area contributed by atoms with Gasteiger partial charge in [-0.1, -0.05) is 78.0 Å². The van der Waals surface area contributed by atoms with Crippen LogP contribution < -0.4 is 0 Å². The number of carbonyl (C=O) groups is 2. The van der Waals surface area contributed by atoms with Crippen molar-refractivity contribution in [3.63, 3.8) is 0 Å². The lowest BCUT2D eigenvalue weighted by molar-refractivity contribution is -0.137. The Kier molecular flexibility index (Phi) is 7.50. The Morgan fingerprint density at radius 2 is 1.88 bits per heavy atom. The molecular formula is C25H22ClN3O3S2. The van der Waals surface area contributed by atoms with Gasteiger partial charge in [0, 0.05) is 42.6 Å². The number of nitrogens with zero attached hydrogens (tertiary/aromatic N) is 3. The minimum atomic E-state index is -0.893. The van der Waals surface area contributed by atoms with Crippen molar-refractivity contribution in [2.45, 2.75) is 19.3 Å². The van der Waals surface area contributed by atoms with Crippen molar-refractivity contribution in [2.75, 3.05) is 6.54 Å². The number of halogens is 1. The number of aromatic nitrogens is 2. The molecule has 1 aliphatic rings. The quantitative estimate of drug-likeness (QED) is 0.322. The van der Waals surface area contributed by atoms with Crippen LogP contribution in [0.5, 0.6) is 0 Å². The van der Waals surface area contributed by atoms with Crippen molar-refractivity contribution in [3.05, 3.63) is 81.3 Å². The molecular weight excluding hydrogens is 490 g/mol. The lowest BCUT2D eigenvalue weighted by atomic mass is 10.0. The summed E-state index contributed by atoms with van der Waals surface area (Å²) < 4.78 is 2.28. The van der Waals surface area contributed by atoms with Gasteiger partial charge >= 0.3 is 5.97 Å². The maximum absolute atomic E-state index is 13.1. The highest BCUT2D eigenvalue weighted by Crippen LogP contribution is 2.36. The zero-order valence-electron chi connectivity index (χ0n) is 18.4. The summed E-state index contributed by atoms with van der Waals surface area (Å²) in [5.41, 5.74) is 4.61. The van der Waals surface area contributed by atoms with Gasteiger partial charge in [-0.3, -0.25) is 19.2 Å². The van der Waals surface area contributed by atoms with E-state index in [1.54, 1.807) is 0 Å². The third kappa shape index (κ3) is 5.41. The Morgan fingerprint density at radius 3 is 2.56 bits per heavy atom. The molecule has 9 heteroatoms. The third-order valence-corrected chi connectivity index (χ3v) is 7.09. The van der Waals surface area contributed by atoms with Crippen LogP contribution in [0.3, 0.4) is 0 Å². The second kappa shape index (κ2) is 10.5. The van der Waals surface area contributed by atoms with E-state index in [4.69, 9.17) is 34.0 Å². The molecule has 0 aliphatic carbocycles. The summed E-state index contributed by atoms with van der Waals surface area (Å²) >= 11 is 12.7. The zero-order chi connectivity index (χ0) is 24.2. The molecule has 0 saturated carbocycles. The SMILES string of the molecule is Cn1nc(-c2ccccc2)c(/C=C2/SC(=S)N(CCCC(=O)O)C2=O)c1Cc1ccc(Cl)cc1. The highest BCUT2D eigenvalue weighted by Gasteiger charge is 2.32. The Hall–Kier alpha value is -2.94. The van der Waals surface area contributed by atoms with Gasteiger partial charge in [-0.05, 0) is 30.2 Å². The number of aliphatic carboxylic acids is 1. The average Bonchev–Trinajstić information content (AvgIpc) is 3.26. The van der Waals surface area contributed by atoms with Crippen LogP contribution in [0, 0.1) is 0 Å². The van der Waals surface area contributed by atoms with Crippen LogP contribution in [0.25, 0.3) is 17.3 Å². The van der Waals surface area contributed by atoms with Gasteiger partial charge < -0.3 is 5.11 Å². The van der Waals surface area contributed by atoms with Crippen molar-refractivity contribution in [1.82, 2.24) is 14.7 Å². The molecule has 0 atom stereocenters. The molecule has 2 heterocycles. The Morgan fingerprint density at radius 1 is 1.18 bits per heavy atom. The first-order chi connectivity index (χ1) is 16.3. The first kappa shape index (κ1) is 24.2. The second-order valence-corrected chi connectivity index (χ2v) is 9.94. The second-order valence-electron chi connectivity index (χ2n) is 7.83. The third-order valence-electron chi connectivity index (χ3n) is 5.46. The van der Waals surface area contributed by atoms with E-state index in [1.807, 2.05) is 72.4 Å². The number of rotatable bonds is 8. The number of carboxylic acid groups (broad SMARTS) is 1. The van der Waals surface area contributed by atoms with Gasteiger partial charge in [-0.2, -0.15) is 5.10 Å². The molecule has 1 aromatic heterocycles. The maximum atomic E-state index is 13.1. The number of hydrogen-bond donors (Lipinski definition) is 1. The van der Waals surface area contributed by atoms with Crippen LogP contribution >= 0.6 is 35.6 Å². The van der Waals surface area contributed by atoms with Crippen LogP contribution in [-0.2, 0) is 23.1 Å². The molecule has 174 valence electrons. The first-order valence-electron chi connectivity index (χ1n) is 10.7. The topological polar surface area (TPSA) is 75.4 Å². The van der Waals surface area contributed by atoms with E-state index < -0.39 is 5.97 Å². The molecule has 6 nitrogen and oxygen atoms in total. The van der Waals surface area contributed by atoms with Crippen molar-refractivity contribution in [3.8, 4) is 11.3 Å². The molecule has 0 unspecified atom stereocenters. The minimum absolute atomic E-state index is 0.0118. The lowest BCUT2D eigenvalue weighted by Gasteiger charge is -2.13. The summed E-state index contributed by atoms with van der Waals surface area (Å²) in [5, 5.41) is 14.4. The summed E-state index contributed by atoms with van der Waals surface area (Å²) in [7, 11) is 1.89. The fourth-order valence-electron chi connectivity index (χ4n) is 3.75. The Bertz CT molecular complexity index is 1270. The van der Waals surface area contributed by atoms with E-state index in [0.717, 1.165) is 28.1 Å². The molecule has 0 bridgehead atoms. The van der Waals surface area contributed by atoms with E-state index >= 15 is 0 Å². The molecule has 4 rings (SSSR count). The molecule has 2 aromatic carbocycles. The van der Waals surface area contributed by atoms with E-state index in [9.17, 15) is 9.59 Å². The summed E-state index contributed by atoms with van der Waals surface area (Å²) in [6.07, 6.45) is 2.80. The van der Waals surface area contributed by atoms with Crippen LogP contribution in [0.2, 0.25) is 5.02 Å². The molecule has 34 heavy (non-hydrogen) atoms. The van der Waals surface area contributed by atoms with E-state index in [1.165, 1.54) is 16.7 Å². The number of hydrogen-bond acceptors (Lipinski definition) is 5. The van der Waals surface area contributed by atoms with Crippen LogP contribution in [0.4, 0.5) is 0 Å². The predicted octanol–water partition coefficient (Wildman–Crippen LogP) is 5.40. The average molecular weight is 512 g/mol. The number of amides is 1. The van der Waals surface area contributed by atoms with Crippen molar-refractivity contribution < 1.29 is 14.7 Å². The van der Waals surface area contributed by atoms with Crippen LogP contribution in [-0.4, -0.2) is 42.5 Å². The van der Waals surface area contributed by atoms with Crippen molar-refractivity contribution in [1.29, 1.82) is 0 Å². The number of thiocarbonyl (C=S) groups is 1. The highest BCUT2D eigenvalue weighted by molar-refractivity contribution is 8.26. The number of carboxylic acids is 1. The summed E-state index contributed by atoms with van der Waals surface area (Å²) in [5.74, 6) is -1.10. The van der Waals surface area contributed by atoms with Gasteiger partial charge in [-0.15, -0.1) is 0 Å². The Balaban J connectivity index is 1.72. The van der Waals surface area contributed by atoms with Crippen molar-refractivity contribution >= 4 is 57.9 Å². The summed E-state index contributed by atoms with van der Waals surface area (Å²) in [6.45, 7) is 0.282. The smallest absolute Gasteiger partial charge is 0.303 e. The van der Waals surface area contributed by atoms with Gasteiger partial charge in [0.25, 0.3) is 5.91 Å². The molecule has 1 saturated heterocycles. The predicted molar refractivity (Wildman–Crippen MR) is 140 cm³/mol. The normalized spacial score (nSPS) is 14.9. The standard InChI is InChI=1S/C25H22ClN3O3S2/c1-28-20(14-16-9-11-18(26)12-10-16)19(23(27-28)17-6-3-2-4-7-17)15-21-24(32)29(25(33)34-21)13-5-8-22(30)31/h2-4,6-7,9-12,15H,5,8,13-14H2,1H3,(H,30,31)/b21-15+. The largest absolute Gasteiger partial charge is 0.481 e. The minimum Gasteiger partial charge on any atom is -0.481 e. The van der Waals surface area contributed by atoms with Gasteiger partial charge in [0.2, 0.25) is 0 Å². The molecule has 1 amide bonds. The highest BCUT2D eigenvalue weighted by atomic mass is 35.5. The molecule has 0 spiro atoms. The van der Waals surface area contributed by atoms with Crippen molar-refractivity contribution in [2.24, 2.45) is 7.05 Å². The van der Waals surface area contributed by atoms with Crippen LogP contribution in [0.1, 0.15) is 29.7 Å². The summed E-state index contributed by atoms with van der Waals surface area (Å²) in [4.78, 5) is 26.0. The molecule has 1 N–H and O–H groups in total. The van der Waals surface area contributed by atoms with Gasteiger partial charge in [-0.25, -0.2) is 0 Å². The number of thioether (sulfide) groups is 1. The monoisotopic (exact) mass is 511 g/mol. The van der Waals surface area contributed by atoms with Gasteiger partial charge in [0.15, 0.2) is 0 Å². The lowest BCUT2D eigenvalue weighted by Crippen LogP contribution is -2.29. The number of carbonyl (C=O) groups excluding carboxylic acids is 1. The summed E-state index contributed by atoms with van der Waals surface area (Å²) in [6, 6.07) is 17.5. The van der Waals surface area contributed by atoms with Gasteiger partial charge in [0.1, 0.15) is 4.32 Å². The van der Waals surface area contributed by atoms with Crippen LogP contribution in [0.15, 0.2) is 59.5 Å². The first-order valence-corrected chi connectivity index (χ1v) is 12.3. The van der Waals surface area contributed by atoms with E-state index in [0.29, 0.717) is 27.1 Å². The van der Waals surface area contributed by atoms with E-state index in [-0.39, 0.29) is 18.9 Å².